The molecule has 2 N–H and O–H groups in total. The number of anilines is 2. The summed E-state index contributed by atoms with van der Waals surface area (Å²) in [4.78, 5) is 12.7. The number of hydrogen-bond donors (Lipinski definition) is 2. The Labute approximate surface area is 179 Å². The highest BCUT2D eigenvalue weighted by Gasteiger charge is 2.20. The van der Waals surface area contributed by atoms with E-state index >= 15 is 0 Å². The molecule has 150 valence electrons. The molecular formula is C21H18Cl2N2O3S. The van der Waals surface area contributed by atoms with Crippen molar-refractivity contribution in [1.82, 2.24) is 0 Å². The molecule has 0 bridgehead atoms. The van der Waals surface area contributed by atoms with Gasteiger partial charge in [-0.25, -0.2) is 8.42 Å². The van der Waals surface area contributed by atoms with Crippen LogP contribution in [0.25, 0.3) is 0 Å². The van der Waals surface area contributed by atoms with E-state index in [2.05, 4.69) is 10.0 Å². The van der Waals surface area contributed by atoms with Crippen LogP contribution in [0.15, 0.2) is 65.6 Å². The van der Waals surface area contributed by atoms with E-state index < -0.39 is 15.9 Å². The molecule has 3 aromatic carbocycles. The lowest BCUT2D eigenvalue weighted by Crippen LogP contribution is -2.17. The van der Waals surface area contributed by atoms with Gasteiger partial charge in [-0.05, 0) is 61.4 Å². The second-order valence-corrected chi connectivity index (χ2v) is 8.97. The molecule has 0 unspecified atom stereocenters. The number of amides is 1. The summed E-state index contributed by atoms with van der Waals surface area (Å²) in [5.41, 5.74) is 2.31. The summed E-state index contributed by atoms with van der Waals surface area (Å²) < 4.78 is 28.3. The molecule has 0 atom stereocenters. The zero-order chi connectivity index (χ0) is 21.2. The smallest absolute Gasteiger partial charge is 0.262 e. The first-order valence-corrected chi connectivity index (χ1v) is 10.9. The molecule has 0 saturated carbocycles. The Morgan fingerprint density at radius 1 is 0.897 bits per heavy atom. The largest absolute Gasteiger partial charge is 0.319 e. The average Bonchev–Trinajstić information content (AvgIpc) is 2.64. The van der Waals surface area contributed by atoms with Gasteiger partial charge in [0.2, 0.25) is 0 Å². The Morgan fingerprint density at radius 2 is 1.55 bits per heavy atom. The molecular weight excluding hydrogens is 431 g/mol. The monoisotopic (exact) mass is 448 g/mol. The molecule has 29 heavy (non-hydrogen) atoms. The van der Waals surface area contributed by atoms with E-state index in [4.69, 9.17) is 23.2 Å². The summed E-state index contributed by atoms with van der Waals surface area (Å²) in [6.45, 7) is 3.53. The molecule has 0 radical (unpaired) electrons. The van der Waals surface area contributed by atoms with Crippen LogP contribution in [-0.4, -0.2) is 14.3 Å². The maximum atomic E-state index is 12.9. The van der Waals surface area contributed by atoms with Gasteiger partial charge in [0.1, 0.15) is 0 Å². The lowest BCUT2D eigenvalue weighted by Gasteiger charge is -2.13. The van der Waals surface area contributed by atoms with E-state index in [1.165, 1.54) is 6.07 Å². The minimum Gasteiger partial charge on any atom is -0.319 e. The molecule has 8 heteroatoms. The normalized spacial score (nSPS) is 11.2. The van der Waals surface area contributed by atoms with Crippen LogP contribution < -0.4 is 10.0 Å². The lowest BCUT2D eigenvalue weighted by atomic mass is 10.1. The van der Waals surface area contributed by atoms with Crippen LogP contribution in [0, 0.1) is 13.8 Å². The maximum Gasteiger partial charge on any atom is 0.262 e. The van der Waals surface area contributed by atoms with Crippen LogP contribution in [0.5, 0.6) is 0 Å². The van der Waals surface area contributed by atoms with Gasteiger partial charge in [-0.1, -0.05) is 47.5 Å². The predicted octanol–water partition coefficient (Wildman–Crippen LogP) is 5.66. The Bertz CT molecular complexity index is 1170. The van der Waals surface area contributed by atoms with Crippen LogP contribution >= 0.6 is 23.2 Å². The number of carbonyl (C=O) groups is 1. The van der Waals surface area contributed by atoms with Crippen LogP contribution in [0.3, 0.4) is 0 Å². The van der Waals surface area contributed by atoms with E-state index in [1.807, 2.05) is 13.0 Å². The second kappa shape index (κ2) is 8.45. The van der Waals surface area contributed by atoms with Gasteiger partial charge in [-0.2, -0.15) is 0 Å². The average molecular weight is 449 g/mol. The molecule has 0 heterocycles. The molecule has 0 spiro atoms. The van der Waals surface area contributed by atoms with Gasteiger partial charge in [-0.3, -0.25) is 9.52 Å². The van der Waals surface area contributed by atoms with Crippen LogP contribution in [-0.2, 0) is 10.0 Å². The Hall–Kier alpha value is -2.54. The van der Waals surface area contributed by atoms with Gasteiger partial charge in [0.25, 0.3) is 15.9 Å². The van der Waals surface area contributed by atoms with Crippen molar-refractivity contribution >= 4 is 50.5 Å². The van der Waals surface area contributed by atoms with Crippen LogP contribution in [0.4, 0.5) is 11.4 Å². The van der Waals surface area contributed by atoms with Crippen LogP contribution in [0.2, 0.25) is 10.0 Å². The third-order valence-corrected chi connectivity index (χ3v) is 6.36. The van der Waals surface area contributed by atoms with Gasteiger partial charge in [-0.15, -0.1) is 0 Å². The molecule has 0 fully saturated rings. The Kier molecular flexibility index (Phi) is 6.17. The van der Waals surface area contributed by atoms with Gasteiger partial charge >= 0.3 is 0 Å². The van der Waals surface area contributed by atoms with Crippen molar-refractivity contribution in [2.24, 2.45) is 0 Å². The number of benzene rings is 3. The van der Waals surface area contributed by atoms with Crippen molar-refractivity contribution in [2.45, 2.75) is 18.7 Å². The number of nitrogens with one attached hydrogen (secondary N) is 2. The van der Waals surface area contributed by atoms with E-state index in [9.17, 15) is 13.2 Å². The van der Waals surface area contributed by atoms with E-state index in [0.29, 0.717) is 11.3 Å². The van der Waals surface area contributed by atoms with Gasteiger partial charge in [0, 0.05) is 11.3 Å². The molecule has 3 aromatic rings. The molecule has 1 amide bonds. The van der Waals surface area contributed by atoms with Crippen molar-refractivity contribution in [1.29, 1.82) is 0 Å². The van der Waals surface area contributed by atoms with Crippen LogP contribution in [0.1, 0.15) is 21.5 Å². The molecule has 0 aliphatic rings. The summed E-state index contributed by atoms with van der Waals surface area (Å²) in [5.74, 6) is -0.521. The zero-order valence-electron chi connectivity index (χ0n) is 15.7. The summed E-state index contributed by atoms with van der Waals surface area (Å²) in [6.07, 6.45) is 0. The summed E-state index contributed by atoms with van der Waals surface area (Å²) >= 11 is 12.2. The molecule has 0 aliphatic heterocycles. The highest BCUT2D eigenvalue weighted by molar-refractivity contribution is 7.92. The Morgan fingerprint density at radius 3 is 2.21 bits per heavy atom. The number of para-hydroxylation sites is 1. The third kappa shape index (κ3) is 4.90. The summed E-state index contributed by atoms with van der Waals surface area (Å²) in [7, 11) is -3.89. The first-order chi connectivity index (χ1) is 13.7. The SMILES string of the molecule is Cc1cccc(NS(=O)(=O)c2cc(C(=O)Nc3c(Cl)cccc3Cl)ccc2C)c1. The van der Waals surface area contributed by atoms with E-state index in [1.54, 1.807) is 55.5 Å². The first kappa shape index (κ1) is 21.2. The predicted molar refractivity (Wildman–Crippen MR) is 118 cm³/mol. The summed E-state index contributed by atoms with van der Waals surface area (Å²) in [5, 5.41) is 3.20. The molecule has 0 saturated heterocycles. The van der Waals surface area contributed by atoms with Crippen molar-refractivity contribution in [3.8, 4) is 0 Å². The van der Waals surface area contributed by atoms with Gasteiger partial charge in [0.15, 0.2) is 0 Å². The van der Waals surface area contributed by atoms with Crippen molar-refractivity contribution in [3.05, 3.63) is 87.4 Å². The minimum atomic E-state index is -3.89. The maximum absolute atomic E-state index is 12.9. The third-order valence-electron chi connectivity index (χ3n) is 4.21. The fourth-order valence-corrected chi connectivity index (χ4v) is 4.57. The van der Waals surface area contributed by atoms with Crippen molar-refractivity contribution in [3.63, 3.8) is 0 Å². The number of sulfonamides is 1. The minimum absolute atomic E-state index is 0.0110. The number of aryl methyl sites for hydroxylation is 2. The number of carbonyl (C=O) groups excluding carboxylic acids is 1. The second-order valence-electron chi connectivity index (χ2n) is 6.51. The topological polar surface area (TPSA) is 75.3 Å². The lowest BCUT2D eigenvalue weighted by molar-refractivity contribution is 0.102. The van der Waals surface area contributed by atoms with E-state index in [0.717, 1.165) is 5.56 Å². The number of rotatable bonds is 5. The first-order valence-electron chi connectivity index (χ1n) is 8.63. The summed E-state index contributed by atoms with van der Waals surface area (Å²) in [6, 6.07) is 16.3. The number of hydrogen-bond acceptors (Lipinski definition) is 3. The zero-order valence-corrected chi connectivity index (χ0v) is 18.0. The molecule has 5 nitrogen and oxygen atoms in total. The molecule has 0 aromatic heterocycles. The van der Waals surface area contributed by atoms with Crippen molar-refractivity contribution in [2.75, 3.05) is 10.0 Å². The van der Waals surface area contributed by atoms with Gasteiger partial charge in [0.05, 0.1) is 20.6 Å². The Balaban J connectivity index is 1.92. The molecule has 0 aliphatic carbocycles. The fourth-order valence-electron chi connectivity index (χ4n) is 2.75. The van der Waals surface area contributed by atoms with Gasteiger partial charge < -0.3 is 5.32 Å². The highest BCUT2D eigenvalue weighted by Crippen LogP contribution is 2.30. The number of halogens is 2. The molecule has 3 rings (SSSR count). The van der Waals surface area contributed by atoms with Crippen molar-refractivity contribution < 1.29 is 13.2 Å². The highest BCUT2D eigenvalue weighted by atomic mass is 35.5. The standard InChI is InChI=1S/C21H18Cl2N2O3S/c1-13-5-3-6-16(11-13)25-29(27,28)19-12-15(10-9-14(19)2)21(26)24-20-17(22)7-4-8-18(20)23/h3-12,25H,1-2H3,(H,24,26). The van der Waals surface area contributed by atoms with E-state index in [-0.39, 0.29) is 26.2 Å². The fraction of sp³-hybridized carbons (Fsp3) is 0.0952. The quantitative estimate of drug-likeness (QED) is 0.528.